The molecule has 0 radical (unpaired) electrons. The Balaban J connectivity index is 1.55. The molecular weight excluding hydrogens is 404 g/mol. The van der Waals surface area contributed by atoms with Gasteiger partial charge in [-0.2, -0.15) is 0 Å². The molecule has 8 heteroatoms. The minimum atomic E-state index is -0.476. The van der Waals surface area contributed by atoms with Crippen molar-refractivity contribution < 1.29 is 9.53 Å². The van der Waals surface area contributed by atoms with Gasteiger partial charge in [-0.25, -0.2) is 4.79 Å². The van der Waals surface area contributed by atoms with Crippen molar-refractivity contribution in [2.75, 3.05) is 44.6 Å². The van der Waals surface area contributed by atoms with Crippen LogP contribution in [-0.2, 0) is 4.74 Å². The van der Waals surface area contributed by atoms with Crippen LogP contribution in [0.3, 0.4) is 0 Å². The number of rotatable bonds is 4. The number of likely N-dealkylation sites (tertiary alicyclic amines) is 2. The average molecular weight is 441 g/mol. The van der Waals surface area contributed by atoms with Gasteiger partial charge in [-0.15, -0.1) is 0 Å². The third kappa shape index (κ3) is 4.41. The van der Waals surface area contributed by atoms with E-state index in [0.717, 1.165) is 74.5 Å². The van der Waals surface area contributed by atoms with Gasteiger partial charge in [-0.1, -0.05) is 6.08 Å². The summed E-state index contributed by atoms with van der Waals surface area (Å²) in [6.07, 6.45) is 10.5. The fourth-order valence-corrected chi connectivity index (χ4v) is 5.23. The van der Waals surface area contributed by atoms with E-state index in [-0.39, 0.29) is 11.5 Å². The SMILES string of the molecule is CC(C)(C)OC(=O)N1CCC2(CCCN(C3=CCNc4[nH]cc(/C(C=N)=C/CN)c43)C2)C1. The number of aromatic amines is 1. The molecular formula is C24H36N6O2. The molecule has 1 spiro atoms. The van der Waals surface area contributed by atoms with E-state index in [1.807, 2.05) is 37.9 Å². The Kier molecular flexibility index (Phi) is 6.07. The Morgan fingerprint density at radius 3 is 2.84 bits per heavy atom. The van der Waals surface area contributed by atoms with Crippen molar-refractivity contribution in [1.29, 1.82) is 5.41 Å². The van der Waals surface area contributed by atoms with E-state index in [1.54, 1.807) is 0 Å². The predicted molar refractivity (Wildman–Crippen MR) is 129 cm³/mol. The maximum Gasteiger partial charge on any atom is 0.410 e. The van der Waals surface area contributed by atoms with Crippen LogP contribution in [0.15, 0.2) is 18.3 Å². The molecule has 4 rings (SSSR count). The summed E-state index contributed by atoms with van der Waals surface area (Å²) >= 11 is 0. The van der Waals surface area contributed by atoms with Crippen molar-refractivity contribution in [3.63, 3.8) is 0 Å². The first kappa shape index (κ1) is 22.5. The first-order chi connectivity index (χ1) is 15.3. The van der Waals surface area contributed by atoms with Gasteiger partial charge in [0.15, 0.2) is 0 Å². The Hall–Kier alpha value is -2.74. The van der Waals surface area contributed by atoms with Gasteiger partial charge in [-0.3, -0.25) is 0 Å². The lowest BCUT2D eigenvalue weighted by atomic mass is 9.78. The number of piperidine rings is 1. The maximum atomic E-state index is 12.6. The summed E-state index contributed by atoms with van der Waals surface area (Å²) in [6.45, 7) is 10.3. The highest BCUT2D eigenvalue weighted by molar-refractivity contribution is 6.11. The minimum absolute atomic E-state index is 0.0922. The maximum absolute atomic E-state index is 12.6. The zero-order valence-electron chi connectivity index (χ0n) is 19.5. The molecule has 0 aliphatic carbocycles. The number of aromatic nitrogens is 1. The monoisotopic (exact) mass is 440 g/mol. The van der Waals surface area contributed by atoms with Crippen LogP contribution in [0.1, 0.15) is 51.2 Å². The van der Waals surface area contributed by atoms with Gasteiger partial charge < -0.3 is 36.0 Å². The molecule has 1 atom stereocenters. The lowest BCUT2D eigenvalue weighted by Crippen LogP contribution is -2.45. The lowest BCUT2D eigenvalue weighted by molar-refractivity contribution is 0.0253. The molecule has 0 saturated carbocycles. The largest absolute Gasteiger partial charge is 0.444 e. The van der Waals surface area contributed by atoms with Crippen molar-refractivity contribution in [1.82, 2.24) is 14.8 Å². The second kappa shape index (κ2) is 8.65. The quantitative estimate of drug-likeness (QED) is 0.536. The first-order valence-corrected chi connectivity index (χ1v) is 11.5. The molecule has 3 aliphatic rings. The van der Waals surface area contributed by atoms with Gasteiger partial charge >= 0.3 is 6.09 Å². The van der Waals surface area contributed by atoms with Gasteiger partial charge in [0.1, 0.15) is 11.4 Å². The number of nitrogens with two attached hydrogens (primary N) is 1. The number of nitrogens with zero attached hydrogens (tertiary/aromatic N) is 2. The van der Waals surface area contributed by atoms with Gasteiger partial charge in [0.05, 0.1) is 0 Å². The minimum Gasteiger partial charge on any atom is -0.444 e. The van der Waals surface area contributed by atoms with Gasteiger partial charge in [0, 0.05) is 73.9 Å². The highest BCUT2D eigenvalue weighted by Crippen LogP contribution is 2.44. The Bertz CT molecular complexity index is 941. The zero-order chi connectivity index (χ0) is 22.9. The number of fused-ring (bicyclic) bond motifs is 1. The molecule has 0 bridgehead atoms. The van der Waals surface area contributed by atoms with Gasteiger partial charge in [-0.05, 0) is 51.7 Å². The van der Waals surface area contributed by atoms with Crippen LogP contribution in [0.2, 0.25) is 0 Å². The molecule has 5 N–H and O–H groups in total. The van der Waals surface area contributed by atoms with Gasteiger partial charge in [0.2, 0.25) is 0 Å². The molecule has 3 aliphatic heterocycles. The number of nitrogens with one attached hydrogen (secondary N) is 3. The summed E-state index contributed by atoms with van der Waals surface area (Å²) in [5.74, 6) is 0.990. The first-order valence-electron chi connectivity index (χ1n) is 11.5. The number of hydrogen-bond donors (Lipinski definition) is 4. The van der Waals surface area contributed by atoms with Crippen molar-refractivity contribution in [2.24, 2.45) is 11.1 Å². The van der Waals surface area contributed by atoms with Crippen LogP contribution in [0.25, 0.3) is 11.3 Å². The average Bonchev–Trinajstić information content (AvgIpc) is 3.35. The third-order valence-electron chi connectivity index (χ3n) is 6.61. The highest BCUT2D eigenvalue weighted by atomic mass is 16.6. The summed E-state index contributed by atoms with van der Waals surface area (Å²) in [5.41, 5.74) is 9.50. The van der Waals surface area contributed by atoms with Crippen LogP contribution in [0.5, 0.6) is 0 Å². The number of carbonyl (C=O) groups is 1. The van der Waals surface area contributed by atoms with Crippen molar-refractivity contribution in [3.8, 4) is 0 Å². The second-order valence-electron chi connectivity index (χ2n) is 10.1. The number of anilines is 1. The van der Waals surface area contributed by atoms with E-state index in [2.05, 4.69) is 21.3 Å². The number of ether oxygens (including phenoxy) is 1. The topological polar surface area (TPSA) is 110 Å². The fraction of sp³-hybridized carbons (Fsp3) is 0.583. The molecule has 32 heavy (non-hydrogen) atoms. The van der Waals surface area contributed by atoms with Crippen molar-refractivity contribution in [3.05, 3.63) is 29.5 Å². The van der Waals surface area contributed by atoms with Gasteiger partial charge in [0.25, 0.3) is 0 Å². The van der Waals surface area contributed by atoms with E-state index in [9.17, 15) is 4.79 Å². The molecule has 4 heterocycles. The zero-order valence-corrected chi connectivity index (χ0v) is 19.5. The van der Waals surface area contributed by atoms with Crippen LogP contribution in [0.4, 0.5) is 10.6 Å². The summed E-state index contributed by atoms with van der Waals surface area (Å²) in [7, 11) is 0. The van der Waals surface area contributed by atoms with Crippen LogP contribution < -0.4 is 11.1 Å². The number of amides is 1. The molecule has 1 aromatic heterocycles. The predicted octanol–water partition coefficient (Wildman–Crippen LogP) is 3.50. The van der Waals surface area contributed by atoms with E-state index < -0.39 is 5.60 Å². The Labute approximate surface area is 190 Å². The normalized spacial score (nSPS) is 23.6. The van der Waals surface area contributed by atoms with Crippen LogP contribution in [-0.4, -0.2) is 72.0 Å². The molecule has 174 valence electrons. The van der Waals surface area contributed by atoms with Crippen LogP contribution >= 0.6 is 0 Å². The van der Waals surface area contributed by atoms with E-state index >= 15 is 0 Å². The molecule has 1 unspecified atom stereocenters. The molecule has 1 aromatic rings. The third-order valence-corrected chi connectivity index (χ3v) is 6.61. The lowest BCUT2D eigenvalue weighted by Gasteiger charge is -2.43. The summed E-state index contributed by atoms with van der Waals surface area (Å²) in [4.78, 5) is 20.3. The number of allylic oxidation sites excluding steroid dienone is 1. The standard InChI is InChI=1S/C24H36N6O2/c1-23(2,3)32-22(31)30-12-8-24(16-30)7-4-11-29(15-24)19-6-10-27-21-20(19)18(14-28-21)17(13-26)5-9-25/h5-6,13-14,26-28H,4,7-12,15-16,25H2,1-3H3/b17-5+,26-13?. The fourth-order valence-electron chi connectivity index (χ4n) is 5.23. The molecule has 2 fully saturated rings. The summed E-state index contributed by atoms with van der Waals surface area (Å²) in [5, 5.41) is 11.3. The number of hydrogen-bond acceptors (Lipinski definition) is 6. The Morgan fingerprint density at radius 1 is 1.31 bits per heavy atom. The van der Waals surface area contributed by atoms with Crippen molar-refractivity contribution in [2.45, 2.75) is 45.6 Å². The highest BCUT2D eigenvalue weighted by Gasteiger charge is 2.44. The molecule has 8 nitrogen and oxygen atoms in total. The van der Waals surface area contributed by atoms with E-state index in [4.69, 9.17) is 15.9 Å². The molecule has 1 amide bonds. The van der Waals surface area contributed by atoms with E-state index in [0.29, 0.717) is 6.54 Å². The molecule has 0 aromatic carbocycles. The summed E-state index contributed by atoms with van der Waals surface area (Å²) in [6, 6.07) is 0. The number of H-pyrrole nitrogens is 1. The van der Waals surface area contributed by atoms with Crippen LogP contribution in [0, 0.1) is 10.8 Å². The smallest absolute Gasteiger partial charge is 0.410 e. The Morgan fingerprint density at radius 2 is 2.12 bits per heavy atom. The molecule has 2 saturated heterocycles. The summed E-state index contributed by atoms with van der Waals surface area (Å²) < 4.78 is 5.62. The second-order valence-corrected chi connectivity index (χ2v) is 10.1. The number of carbonyl (C=O) groups excluding carboxylic acids is 1. The van der Waals surface area contributed by atoms with E-state index in [1.165, 1.54) is 11.9 Å². The van der Waals surface area contributed by atoms with Crippen molar-refractivity contribution >= 4 is 29.4 Å².